The van der Waals surface area contributed by atoms with Gasteiger partial charge in [-0.1, -0.05) is 12.1 Å². The molecule has 1 fully saturated rings. The Hall–Kier alpha value is -1.55. The van der Waals surface area contributed by atoms with Crippen LogP contribution in [-0.2, 0) is 11.3 Å². The molecule has 0 spiro atoms. The van der Waals surface area contributed by atoms with Crippen LogP contribution in [0.15, 0.2) is 12.1 Å². The molecule has 110 valence electrons. The molecule has 1 aromatic carbocycles. The third-order valence-corrected chi connectivity index (χ3v) is 3.85. The molecule has 1 aromatic rings. The summed E-state index contributed by atoms with van der Waals surface area (Å²) < 4.78 is 0. The van der Waals surface area contributed by atoms with E-state index < -0.39 is 0 Å². The first-order valence-corrected chi connectivity index (χ1v) is 7.35. The Kier molecular flexibility index (Phi) is 5.01. The van der Waals surface area contributed by atoms with Crippen LogP contribution in [0.1, 0.15) is 36.0 Å². The number of carbonyl (C=O) groups excluding carboxylic acids is 1. The molecule has 1 amide bonds. The van der Waals surface area contributed by atoms with E-state index in [0.29, 0.717) is 18.7 Å². The Morgan fingerprint density at radius 1 is 1.25 bits per heavy atom. The molecular weight excluding hydrogens is 252 g/mol. The number of amides is 1. The van der Waals surface area contributed by atoms with Crippen molar-refractivity contribution in [2.24, 2.45) is 0 Å². The summed E-state index contributed by atoms with van der Waals surface area (Å²) in [5.41, 5.74) is 2.94. The SMILES string of the molecule is Cc1cc(CNCCC(=O)N2CCCC2)cc(C)c1O. The fourth-order valence-corrected chi connectivity index (χ4v) is 2.70. The van der Waals surface area contributed by atoms with Gasteiger partial charge in [-0.3, -0.25) is 4.79 Å². The molecule has 1 saturated heterocycles. The summed E-state index contributed by atoms with van der Waals surface area (Å²) in [7, 11) is 0. The Bertz CT molecular complexity index is 456. The van der Waals surface area contributed by atoms with E-state index >= 15 is 0 Å². The predicted octanol–water partition coefficient (Wildman–Crippen LogP) is 2.11. The number of hydrogen-bond acceptors (Lipinski definition) is 3. The molecule has 1 heterocycles. The molecule has 2 rings (SSSR count). The van der Waals surface area contributed by atoms with Crippen molar-refractivity contribution in [3.05, 3.63) is 28.8 Å². The quantitative estimate of drug-likeness (QED) is 0.810. The highest BCUT2D eigenvalue weighted by Gasteiger charge is 2.16. The van der Waals surface area contributed by atoms with E-state index in [2.05, 4.69) is 5.32 Å². The van der Waals surface area contributed by atoms with Crippen LogP contribution in [0, 0.1) is 13.8 Å². The number of hydrogen-bond donors (Lipinski definition) is 2. The highest BCUT2D eigenvalue weighted by atomic mass is 16.3. The number of aromatic hydroxyl groups is 1. The second kappa shape index (κ2) is 6.75. The summed E-state index contributed by atoms with van der Waals surface area (Å²) in [4.78, 5) is 13.8. The Balaban J connectivity index is 1.74. The van der Waals surface area contributed by atoms with Crippen LogP contribution < -0.4 is 5.32 Å². The Morgan fingerprint density at radius 2 is 1.85 bits per heavy atom. The number of nitrogens with one attached hydrogen (secondary N) is 1. The van der Waals surface area contributed by atoms with Crippen molar-refractivity contribution in [3.8, 4) is 5.75 Å². The van der Waals surface area contributed by atoms with Gasteiger partial charge in [-0.15, -0.1) is 0 Å². The van der Waals surface area contributed by atoms with Gasteiger partial charge in [0.2, 0.25) is 5.91 Å². The Morgan fingerprint density at radius 3 is 2.45 bits per heavy atom. The Labute approximate surface area is 120 Å². The molecule has 0 aliphatic carbocycles. The molecule has 20 heavy (non-hydrogen) atoms. The number of nitrogens with zero attached hydrogens (tertiary/aromatic N) is 1. The average molecular weight is 276 g/mol. The number of phenols is 1. The number of benzene rings is 1. The lowest BCUT2D eigenvalue weighted by molar-refractivity contribution is -0.130. The first-order valence-electron chi connectivity index (χ1n) is 7.35. The third-order valence-electron chi connectivity index (χ3n) is 3.85. The van der Waals surface area contributed by atoms with Crippen molar-refractivity contribution in [2.75, 3.05) is 19.6 Å². The topological polar surface area (TPSA) is 52.6 Å². The summed E-state index contributed by atoms with van der Waals surface area (Å²) in [6.45, 7) is 7.10. The molecule has 2 N–H and O–H groups in total. The van der Waals surface area contributed by atoms with E-state index in [-0.39, 0.29) is 5.91 Å². The summed E-state index contributed by atoms with van der Waals surface area (Å²) >= 11 is 0. The van der Waals surface area contributed by atoms with Crippen LogP contribution in [0.4, 0.5) is 0 Å². The molecule has 0 aromatic heterocycles. The highest BCUT2D eigenvalue weighted by Crippen LogP contribution is 2.22. The molecule has 0 saturated carbocycles. The summed E-state index contributed by atoms with van der Waals surface area (Å²) in [5, 5.41) is 13.0. The van der Waals surface area contributed by atoms with Gasteiger partial charge in [0.05, 0.1) is 0 Å². The van der Waals surface area contributed by atoms with Crippen LogP contribution in [0.2, 0.25) is 0 Å². The number of aryl methyl sites for hydroxylation is 2. The maximum Gasteiger partial charge on any atom is 0.223 e. The summed E-state index contributed by atoms with van der Waals surface area (Å²) in [5.74, 6) is 0.631. The van der Waals surface area contributed by atoms with Crippen LogP contribution in [0.25, 0.3) is 0 Å². The zero-order valence-electron chi connectivity index (χ0n) is 12.4. The summed E-state index contributed by atoms with van der Waals surface area (Å²) in [6, 6.07) is 3.97. The normalized spacial score (nSPS) is 14.8. The molecule has 1 aliphatic heterocycles. The fourth-order valence-electron chi connectivity index (χ4n) is 2.70. The van der Waals surface area contributed by atoms with Gasteiger partial charge in [-0.2, -0.15) is 0 Å². The van der Waals surface area contributed by atoms with E-state index in [1.807, 2.05) is 30.9 Å². The maximum atomic E-state index is 11.9. The maximum absolute atomic E-state index is 11.9. The first-order chi connectivity index (χ1) is 9.58. The number of carbonyl (C=O) groups is 1. The van der Waals surface area contributed by atoms with Crippen LogP contribution in [0.3, 0.4) is 0 Å². The fraction of sp³-hybridized carbons (Fsp3) is 0.562. The van der Waals surface area contributed by atoms with Crippen molar-refractivity contribution in [1.82, 2.24) is 10.2 Å². The molecule has 0 radical (unpaired) electrons. The zero-order chi connectivity index (χ0) is 14.5. The third kappa shape index (κ3) is 3.73. The van der Waals surface area contributed by atoms with Gasteiger partial charge < -0.3 is 15.3 Å². The van der Waals surface area contributed by atoms with Crippen molar-refractivity contribution in [1.29, 1.82) is 0 Å². The lowest BCUT2D eigenvalue weighted by atomic mass is 10.1. The molecule has 4 nitrogen and oxygen atoms in total. The lowest BCUT2D eigenvalue weighted by Crippen LogP contribution is -2.30. The standard InChI is InChI=1S/C16H24N2O2/c1-12-9-14(10-13(2)16(12)20)11-17-6-5-15(19)18-7-3-4-8-18/h9-10,17,20H,3-8,11H2,1-2H3. The largest absolute Gasteiger partial charge is 0.507 e. The van der Waals surface area contributed by atoms with Gasteiger partial charge in [0, 0.05) is 32.6 Å². The second-order valence-electron chi connectivity index (χ2n) is 5.59. The molecular formula is C16H24N2O2. The van der Waals surface area contributed by atoms with Crippen molar-refractivity contribution >= 4 is 5.91 Å². The van der Waals surface area contributed by atoms with Gasteiger partial charge in [-0.05, 0) is 43.4 Å². The second-order valence-corrected chi connectivity index (χ2v) is 5.59. The number of rotatable bonds is 5. The predicted molar refractivity (Wildman–Crippen MR) is 79.7 cm³/mol. The minimum atomic E-state index is 0.257. The van der Waals surface area contributed by atoms with Gasteiger partial charge in [-0.25, -0.2) is 0 Å². The van der Waals surface area contributed by atoms with Crippen LogP contribution in [-0.4, -0.2) is 35.5 Å². The van der Waals surface area contributed by atoms with E-state index in [0.717, 1.165) is 49.2 Å². The van der Waals surface area contributed by atoms with E-state index in [1.54, 1.807) is 0 Å². The van der Waals surface area contributed by atoms with Crippen LogP contribution >= 0.6 is 0 Å². The van der Waals surface area contributed by atoms with Gasteiger partial charge in [0.15, 0.2) is 0 Å². The highest BCUT2D eigenvalue weighted by molar-refractivity contribution is 5.76. The molecule has 0 bridgehead atoms. The molecule has 0 atom stereocenters. The van der Waals surface area contributed by atoms with Crippen molar-refractivity contribution in [3.63, 3.8) is 0 Å². The van der Waals surface area contributed by atoms with Gasteiger partial charge in [0.25, 0.3) is 0 Å². The first kappa shape index (κ1) is 14.9. The smallest absolute Gasteiger partial charge is 0.223 e. The van der Waals surface area contributed by atoms with E-state index in [9.17, 15) is 9.90 Å². The van der Waals surface area contributed by atoms with Gasteiger partial charge >= 0.3 is 0 Å². The minimum Gasteiger partial charge on any atom is -0.507 e. The van der Waals surface area contributed by atoms with E-state index in [1.165, 1.54) is 0 Å². The molecule has 4 heteroatoms. The number of likely N-dealkylation sites (tertiary alicyclic amines) is 1. The van der Waals surface area contributed by atoms with Crippen molar-refractivity contribution in [2.45, 2.75) is 39.7 Å². The molecule has 0 unspecified atom stereocenters. The monoisotopic (exact) mass is 276 g/mol. The van der Waals surface area contributed by atoms with Crippen molar-refractivity contribution < 1.29 is 9.90 Å². The molecule has 1 aliphatic rings. The minimum absolute atomic E-state index is 0.257. The average Bonchev–Trinajstić information content (AvgIpc) is 2.94. The lowest BCUT2D eigenvalue weighted by Gasteiger charge is -2.15. The van der Waals surface area contributed by atoms with E-state index in [4.69, 9.17) is 0 Å². The van der Waals surface area contributed by atoms with Gasteiger partial charge in [0.1, 0.15) is 5.75 Å². The van der Waals surface area contributed by atoms with Crippen LogP contribution in [0.5, 0.6) is 5.75 Å². The number of phenolic OH excluding ortho intramolecular Hbond substituents is 1. The summed E-state index contributed by atoms with van der Waals surface area (Å²) in [6.07, 6.45) is 2.85. The zero-order valence-corrected chi connectivity index (χ0v) is 12.4.